The van der Waals surface area contributed by atoms with Crippen LogP contribution in [0.1, 0.15) is 37.0 Å². The van der Waals surface area contributed by atoms with E-state index >= 15 is 0 Å². The van der Waals surface area contributed by atoms with Crippen molar-refractivity contribution in [2.24, 2.45) is 5.92 Å². The Balaban J connectivity index is 2.02. The minimum atomic E-state index is 0.105. The van der Waals surface area contributed by atoms with Crippen molar-refractivity contribution in [2.45, 2.75) is 32.7 Å². The van der Waals surface area contributed by atoms with Gasteiger partial charge in [-0.2, -0.15) is 0 Å². The Morgan fingerprint density at radius 3 is 2.53 bits per heavy atom. The molecule has 0 unspecified atom stereocenters. The van der Waals surface area contributed by atoms with Gasteiger partial charge in [0.2, 0.25) is 0 Å². The summed E-state index contributed by atoms with van der Waals surface area (Å²) in [5, 5.41) is 0.919. The van der Waals surface area contributed by atoms with E-state index in [0.717, 1.165) is 12.5 Å². The lowest BCUT2D eigenvalue weighted by molar-refractivity contribution is 0.0901. The number of hydrogen-bond donors (Lipinski definition) is 0. The number of halogens is 2. The van der Waals surface area contributed by atoms with Crippen molar-refractivity contribution in [1.82, 2.24) is 4.90 Å². The molecule has 1 aliphatic carbocycles. The van der Waals surface area contributed by atoms with Gasteiger partial charge in [-0.3, -0.25) is 9.69 Å². The highest BCUT2D eigenvalue weighted by atomic mass is 35.5. The number of nitrogens with zero attached hydrogens (tertiary/aromatic N) is 1. The standard InChI is InChI=1S/C15H19Cl2NO/c1-10(2)18(8-11-3-4-11)9-15(19)12-5-6-13(16)14(17)7-12/h5-7,10-11H,3-4,8-9H2,1-2H3. The summed E-state index contributed by atoms with van der Waals surface area (Å²) >= 11 is 11.8. The Labute approximate surface area is 124 Å². The van der Waals surface area contributed by atoms with E-state index < -0.39 is 0 Å². The van der Waals surface area contributed by atoms with Gasteiger partial charge in [0.25, 0.3) is 0 Å². The molecule has 0 heterocycles. The molecular weight excluding hydrogens is 281 g/mol. The van der Waals surface area contributed by atoms with Gasteiger partial charge >= 0.3 is 0 Å². The molecule has 1 saturated carbocycles. The second kappa shape index (κ2) is 6.25. The fourth-order valence-corrected chi connectivity index (χ4v) is 2.33. The van der Waals surface area contributed by atoms with Gasteiger partial charge in [-0.05, 0) is 50.8 Å². The maximum Gasteiger partial charge on any atom is 0.176 e. The first-order chi connectivity index (χ1) is 8.97. The topological polar surface area (TPSA) is 20.3 Å². The summed E-state index contributed by atoms with van der Waals surface area (Å²) < 4.78 is 0. The van der Waals surface area contributed by atoms with Crippen LogP contribution in [0.4, 0.5) is 0 Å². The average molecular weight is 300 g/mol. The van der Waals surface area contributed by atoms with Crippen molar-refractivity contribution in [1.29, 1.82) is 0 Å². The van der Waals surface area contributed by atoms with E-state index in [1.807, 2.05) is 0 Å². The number of hydrogen-bond acceptors (Lipinski definition) is 2. The quantitative estimate of drug-likeness (QED) is 0.730. The van der Waals surface area contributed by atoms with E-state index in [1.165, 1.54) is 12.8 Å². The maximum atomic E-state index is 12.3. The zero-order valence-electron chi connectivity index (χ0n) is 11.3. The van der Waals surface area contributed by atoms with Crippen LogP contribution in [0.25, 0.3) is 0 Å². The molecule has 1 aromatic rings. The van der Waals surface area contributed by atoms with Gasteiger partial charge in [-0.1, -0.05) is 23.2 Å². The molecule has 0 N–H and O–H groups in total. The highest BCUT2D eigenvalue weighted by molar-refractivity contribution is 6.42. The lowest BCUT2D eigenvalue weighted by Gasteiger charge is -2.25. The first-order valence-corrected chi connectivity index (χ1v) is 7.45. The molecule has 19 heavy (non-hydrogen) atoms. The van der Waals surface area contributed by atoms with Crippen molar-refractivity contribution in [3.8, 4) is 0 Å². The predicted molar refractivity (Wildman–Crippen MR) is 80.2 cm³/mol. The van der Waals surface area contributed by atoms with Crippen LogP contribution in [0.3, 0.4) is 0 Å². The van der Waals surface area contributed by atoms with Crippen LogP contribution in [0.2, 0.25) is 10.0 Å². The zero-order valence-corrected chi connectivity index (χ0v) is 12.8. The first-order valence-electron chi connectivity index (χ1n) is 6.69. The number of rotatable bonds is 6. The van der Waals surface area contributed by atoms with E-state index in [4.69, 9.17) is 23.2 Å². The van der Waals surface area contributed by atoms with Crippen LogP contribution < -0.4 is 0 Å². The molecule has 0 bridgehead atoms. The predicted octanol–water partition coefficient (Wildman–Crippen LogP) is 4.30. The number of ketones is 1. The Morgan fingerprint density at radius 1 is 1.32 bits per heavy atom. The van der Waals surface area contributed by atoms with Gasteiger partial charge in [0.1, 0.15) is 0 Å². The van der Waals surface area contributed by atoms with Gasteiger partial charge < -0.3 is 0 Å². The molecule has 0 spiro atoms. The average Bonchev–Trinajstić information content (AvgIpc) is 3.15. The molecule has 1 aliphatic rings. The molecule has 4 heteroatoms. The summed E-state index contributed by atoms with van der Waals surface area (Å²) in [4.78, 5) is 14.5. The molecule has 104 valence electrons. The van der Waals surface area contributed by atoms with Gasteiger partial charge in [-0.15, -0.1) is 0 Å². The lowest BCUT2D eigenvalue weighted by Crippen LogP contribution is -2.37. The van der Waals surface area contributed by atoms with Crippen molar-refractivity contribution < 1.29 is 4.79 Å². The number of carbonyl (C=O) groups is 1. The largest absolute Gasteiger partial charge is 0.293 e. The van der Waals surface area contributed by atoms with Gasteiger partial charge in [0, 0.05) is 18.2 Å². The van der Waals surface area contributed by atoms with Crippen molar-refractivity contribution in [3.63, 3.8) is 0 Å². The summed E-state index contributed by atoms with van der Waals surface area (Å²) in [6.45, 7) is 5.73. The fourth-order valence-electron chi connectivity index (χ4n) is 2.04. The minimum Gasteiger partial charge on any atom is -0.293 e. The summed E-state index contributed by atoms with van der Waals surface area (Å²) in [6.07, 6.45) is 2.59. The summed E-state index contributed by atoms with van der Waals surface area (Å²) in [5.74, 6) is 0.886. The molecule has 0 saturated heterocycles. The summed E-state index contributed by atoms with van der Waals surface area (Å²) in [6, 6.07) is 5.46. The molecule has 0 atom stereocenters. The maximum absolute atomic E-state index is 12.3. The number of Topliss-reactive ketones (excluding diaryl/α,β-unsaturated/α-hetero) is 1. The zero-order chi connectivity index (χ0) is 14.0. The molecule has 1 fully saturated rings. The third-order valence-electron chi connectivity index (χ3n) is 3.51. The van der Waals surface area contributed by atoms with E-state index in [1.54, 1.807) is 18.2 Å². The molecule has 2 nitrogen and oxygen atoms in total. The third-order valence-corrected chi connectivity index (χ3v) is 4.25. The van der Waals surface area contributed by atoms with Crippen molar-refractivity contribution in [3.05, 3.63) is 33.8 Å². The SMILES string of the molecule is CC(C)N(CC(=O)c1ccc(Cl)c(Cl)c1)CC1CC1. The van der Waals surface area contributed by atoms with Gasteiger partial charge in [0.15, 0.2) is 5.78 Å². The van der Waals surface area contributed by atoms with Crippen LogP contribution in [0.15, 0.2) is 18.2 Å². The van der Waals surface area contributed by atoms with E-state index in [0.29, 0.717) is 28.2 Å². The summed E-state index contributed by atoms with van der Waals surface area (Å²) in [7, 11) is 0. The first kappa shape index (κ1) is 14.8. The molecule has 0 aromatic heterocycles. The highest BCUT2D eigenvalue weighted by Crippen LogP contribution is 2.30. The van der Waals surface area contributed by atoms with Crippen LogP contribution >= 0.6 is 23.2 Å². The van der Waals surface area contributed by atoms with Crippen LogP contribution in [-0.2, 0) is 0 Å². The Hall–Kier alpha value is -0.570. The Morgan fingerprint density at radius 2 is 2.00 bits per heavy atom. The van der Waals surface area contributed by atoms with E-state index in [2.05, 4.69) is 18.7 Å². The molecule has 0 aliphatic heterocycles. The number of benzene rings is 1. The smallest absolute Gasteiger partial charge is 0.176 e. The molecular formula is C15H19Cl2NO. The van der Waals surface area contributed by atoms with Crippen LogP contribution in [-0.4, -0.2) is 29.8 Å². The monoisotopic (exact) mass is 299 g/mol. The molecule has 0 amide bonds. The highest BCUT2D eigenvalue weighted by Gasteiger charge is 2.26. The van der Waals surface area contributed by atoms with Crippen LogP contribution in [0, 0.1) is 5.92 Å². The Bertz CT molecular complexity index is 469. The molecule has 0 radical (unpaired) electrons. The number of carbonyl (C=O) groups excluding carboxylic acids is 1. The molecule has 1 aromatic carbocycles. The van der Waals surface area contributed by atoms with Crippen molar-refractivity contribution in [2.75, 3.05) is 13.1 Å². The van der Waals surface area contributed by atoms with Crippen LogP contribution in [0.5, 0.6) is 0 Å². The van der Waals surface area contributed by atoms with Crippen molar-refractivity contribution >= 4 is 29.0 Å². The summed E-state index contributed by atoms with van der Waals surface area (Å²) in [5.41, 5.74) is 0.635. The third kappa shape index (κ3) is 4.20. The van der Waals surface area contributed by atoms with Gasteiger partial charge in [-0.25, -0.2) is 0 Å². The second-order valence-corrected chi connectivity index (χ2v) is 6.33. The minimum absolute atomic E-state index is 0.105. The normalized spacial score (nSPS) is 15.3. The molecule has 2 rings (SSSR count). The van der Waals surface area contributed by atoms with Gasteiger partial charge in [0.05, 0.1) is 16.6 Å². The second-order valence-electron chi connectivity index (χ2n) is 5.52. The lowest BCUT2D eigenvalue weighted by atomic mass is 10.1. The van der Waals surface area contributed by atoms with E-state index in [-0.39, 0.29) is 5.78 Å². The Kier molecular flexibility index (Phi) is 4.88. The fraction of sp³-hybridized carbons (Fsp3) is 0.533. The van der Waals surface area contributed by atoms with E-state index in [9.17, 15) is 4.79 Å².